The molecule has 36 heavy (non-hydrogen) atoms. The molecule has 0 N–H and O–H groups in total. The number of ether oxygens (including phenoxy) is 3. The van der Waals surface area contributed by atoms with Gasteiger partial charge in [0.1, 0.15) is 0 Å². The van der Waals surface area contributed by atoms with E-state index < -0.39 is 0 Å². The van der Waals surface area contributed by atoms with E-state index in [0.29, 0.717) is 19.0 Å². The summed E-state index contributed by atoms with van der Waals surface area (Å²) >= 11 is 0. The molecule has 0 aromatic heterocycles. The highest BCUT2D eigenvalue weighted by atomic mass is 16.7. The molecular weight excluding hydrogens is 448 g/mol. The van der Waals surface area contributed by atoms with Gasteiger partial charge in [-0.05, 0) is 75.0 Å². The van der Waals surface area contributed by atoms with E-state index in [1.165, 1.54) is 96.3 Å². The molecule has 0 atom stereocenters. The van der Waals surface area contributed by atoms with Gasteiger partial charge in [-0.3, -0.25) is 0 Å². The molecule has 0 radical (unpaired) electrons. The number of carbonyl (C=O) groups is 1. The first kappa shape index (κ1) is 29.3. The molecule has 3 rings (SSSR count). The highest BCUT2D eigenvalue weighted by Crippen LogP contribution is 2.42. The largest absolute Gasteiger partial charge is 0.473 e. The SMILES string of the molecule is C=C(C)OCOCCC1CCC(CC2CCC(CC3CCC(CCOC(=O)C(=C)C)CC3)CC2)CC1. The minimum absolute atomic E-state index is 0.237. The number of allylic oxidation sites excluding steroid dienone is 1. The van der Waals surface area contributed by atoms with Gasteiger partial charge in [-0.15, -0.1) is 0 Å². The van der Waals surface area contributed by atoms with Crippen LogP contribution in [0.15, 0.2) is 24.5 Å². The molecule has 0 aromatic carbocycles. The van der Waals surface area contributed by atoms with Crippen LogP contribution in [0.4, 0.5) is 0 Å². The van der Waals surface area contributed by atoms with Crippen molar-refractivity contribution in [3.8, 4) is 0 Å². The lowest BCUT2D eigenvalue weighted by molar-refractivity contribution is -0.139. The van der Waals surface area contributed by atoms with Crippen LogP contribution in [0.2, 0.25) is 0 Å². The first-order valence-corrected chi connectivity index (χ1v) is 15.1. The zero-order chi connectivity index (χ0) is 25.8. The highest BCUT2D eigenvalue weighted by Gasteiger charge is 2.29. The van der Waals surface area contributed by atoms with Gasteiger partial charge in [0.15, 0.2) is 6.79 Å². The molecule has 4 nitrogen and oxygen atoms in total. The predicted molar refractivity (Wildman–Crippen MR) is 147 cm³/mol. The van der Waals surface area contributed by atoms with Crippen molar-refractivity contribution in [3.63, 3.8) is 0 Å². The fraction of sp³-hybridized carbons (Fsp3) is 0.844. The molecule has 0 aliphatic heterocycles. The van der Waals surface area contributed by atoms with Crippen molar-refractivity contribution in [1.29, 1.82) is 0 Å². The number of carbonyl (C=O) groups excluding carboxylic acids is 1. The Morgan fingerprint density at radius 3 is 1.39 bits per heavy atom. The fourth-order valence-electron chi connectivity index (χ4n) is 7.05. The van der Waals surface area contributed by atoms with Crippen molar-refractivity contribution in [2.75, 3.05) is 20.0 Å². The summed E-state index contributed by atoms with van der Waals surface area (Å²) in [6, 6.07) is 0. The summed E-state index contributed by atoms with van der Waals surface area (Å²) in [6.07, 6.45) is 22.1. The second kappa shape index (κ2) is 15.8. The minimum Gasteiger partial charge on any atom is -0.473 e. The van der Waals surface area contributed by atoms with E-state index in [9.17, 15) is 4.79 Å². The van der Waals surface area contributed by atoms with Crippen LogP contribution in [0.3, 0.4) is 0 Å². The monoisotopic (exact) mass is 502 g/mol. The molecule has 3 saturated carbocycles. The van der Waals surface area contributed by atoms with E-state index in [0.717, 1.165) is 54.3 Å². The molecule has 0 saturated heterocycles. The van der Waals surface area contributed by atoms with Gasteiger partial charge in [-0.25, -0.2) is 4.79 Å². The molecule has 0 heterocycles. The Hall–Kier alpha value is -1.29. The average Bonchev–Trinajstić information content (AvgIpc) is 2.87. The van der Waals surface area contributed by atoms with E-state index in [-0.39, 0.29) is 5.97 Å². The molecule has 3 fully saturated rings. The van der Waals surface area contributed by atoms with Crippen molar-refractivity contribution in [3.05, 3.63) is 24.5 Å². The van der Waals surface area contributed by atoms with Crippen LogP contribution in [0.1, 0.15) is 117 Å². The number of esters is 1. The number of hydrogen-bond acceptors (Lipinski definition) is 4. The van der Waals surface area contributed by atoms with E-state index in [4.69, 9.17) is 14.2 Å². The van der Waals surface area contributed by atoms with Crippen molar-refractivity contribution < 1.29 is 19.0 Å². The molecule has 3 aliphatic rings. The quantitative estimate of drug-likeness (QED) is 0.0784. The predicted octanol–water partition coefficient (Wildman–Crippen LogP) is 8.61. The summed E-state index contributed by atoms with van der Waals surface area (Å²) in [5.74, 6) is 5.96. The van der Waals surface area contributed by atoms with E-state index in [1.807, 2.05) is 6.92 Å². The summed E-state index contributed by atoms with van der Waals surface area (Å²) in [5.41, 5.74) is 0.503. The van der Waals surface area contributed by atoms with Gasteiger partial charge in [0, 0.05) is 5.57 Å². The average molecular weight is 503 g/mol. The molecule has 4 heteroatoms. The zero-order valence-corrected chi connectivity index (χ0v) is 23.4. The van der Waals surface area contributed by atoms with Crippen LogP contribution in [-0.4, -0.2) is 26.0 Å². The summed E-state index contributed by atoms with van der Waals surface area (Å²) < 4.78 is 16.2. The standard InChI is InChI=1S/C32H54O4/c1-24(2)32(33)35-20-18-27-7-11-29(12-8-27)22-31-15-13-30(14-16-31)21-28-9-5-26(6-10-28)17-19-34-23-36-25(3)4/h26-31H,1,3,5-23H2,2,4H3. The smallest absolute Gasteiger partial charge is 0.333 e. The normalized spacial score (nSPS) is 30.9. The van der Waals surface area contributed by atoms with Crippen molar-refractivity contribution in [1.82, 2.24) is 0 Å². The molecule has 0 aromatic rings. The first-order chi connectivity index (χ1) is 17.4. The van der Waals surface area contributed by atoms with Crippen LogP contribution in [0, 0.1) is 35.5 Å². The summed E-state index contributed by atoms with van der Waals surface area (Å²) in [6.45, 7) is 12.7. The summed E-state index contributed by atoms with van der Waals surface area (Å²) in [5, 5.41) is 0. The lowest BCUT2D eigenvalue weighted by Gasteiger charge is -2.36. The van der Waals surface area contributed by atoms with Gasteiger partial charge in [0.2, 0.25) is 0 Å². The lowest BCUT2D eigenvalue weighted by atomic mass is 9.70. The van der Waals surface area contributed by atoms with Crippen LogP contribution in [0.5, 0.6) is 0 Å². The van der Waals surface area contributed by atoms with Crippen molar-refractivity contribution >= 4 is 5.97 Å². The Morgan fingerprint density at radius 2 is 1.00 bits per heavy atom. The maximum atomic E-state index is 11.5. The third-order valence-electron chi connectivity index (χ3n) is 9.40. The van der Waals surface area contributed by atoms with E-state index in [1.54, 1.807) is 6.92 Å². The molecule has 3 aliphatic carbocycles. The molecule has 0 unspecified atom stereocenters. The number of rotatable bonds is 14. The van der Waals surface area contributed by atoms with Crippen molar-refractivity contribution in [2.24, 2.45) is 35.5 Å². The molecule has 0 bridgehead atoms. The molecule has 0 amide bonds. The lowest BCUT2D eigenvalue weighted by Crippen LogP contribution is -2.23. The van der Waals surface area contributed by atoms with Gasteiger partial charge in [0.25, 0.3) is 0 Å². The van der Waals surface area contributed by atoms with Gasteiger partial charge in [-0.1, -0.05) is 90.2 Å². The molecular formula is C32H54O4. The third kappa shape index (κ3) is 11.0. The second-order valence-corrected chi connectivity index (χ2v) is 12.5. The maximum absolute atomic E-state index is 11.5. The Kier molecular flexibility index (Phi) is 12.9. The summed E-state index contributed by atoms with van der Waals surface area (Å²) in [4.78, 5) is 11.5. The zero-order valence-electron chi connectivity index (χ0n) is 23.4. The Balaban J connectivity index is 1.20. The van der Waals surface area contributed by atoms with Gasteiger partial charge < -0.3 is 14.2 Å². The van der Waals surface area contributed by atoms with Gasteiger partial charge in [0.05, 0.1) is 19.0 Å². The van der Waals surface area contributed by atoms with E-state index in [2.05, 4.69) is 13.2 Å². The first-order valence-electron chi connectivity index (χ1n) is 15.1. The Bertz CT molecular complexity index is 662. The Morgan fingerprint density at radius 1 is 0.611 bits per heavy atom. The summed E-state index contributed by atoms with van der Waals surface area (Å²) in [7, 11) is 0. The molecule has 206 valence electrons. The van der Waals surface area contributed by atoms with Crippen LogP contribution in [-0.2, 0) is 19.0 Å². The van der Waals surface area contributed by atoms with Crippen molar-refractivity contribution in [2.45, 2.75) is 117 Å². The maximum Gasteiger partial charge on any atom is 0.333 e. The molecule has 0 spiro atoms. The van der Waals surface area contributed by atoms with Crippen LogP contribution in [0.25, 0.3) is 0 Å². The minimum atomic E-state index is -0.237. The van der Waals surface area contributed by atoms with Gasteiger partial charge in [-0.2, -0.15) is 0 Å². The highest BCUT2D eigenvalue weighted by molar-refractivity contribution is 5.86. The Labute approximate surface area is 221 Å². The van der Waals surface area contributed by atoms with Gasteiger partial charge >= 0.3 is 5.97 Å². The van der Waals surface area contributed by atoms with Crippen LogP contribution >= 0.6 is 0 Å². The third-order valence-corrected chi connectivity index (χ3v) is 9.40. The van der Waals surface area contributed by atoms with E-state index >= 15 is 0 Å². The van der Waals surface area contributed by atoms with Crippen LogP contribution < -0.4 is 0 Å². The topological polar surface area (TPSA) is 44.8 Å². The second-order valence-electron chi connectivity index (χ2n) is 12.5. The fourth-order valence-corrected chi connectivity index (χ4v) is 7.05. The number of hydrogen-bond donors (Lipinski definition) is 0.